The van der Waals surface area contributed by atoms with Gasteiger partial charge in [-0.2, -0.15) is 0 Å². The molecular weight excluding hydrogens is 378 g/mol. The van der Waals surface area contributed by atoms with Gasteiger partial charge < -0.3 is 15.2 Å². The first-order valence-electron chi connectivity index (χ1n) is 10.4. The minimum atomic E-state index is -0.688. The van der Waals surface area contributed by atoms with Crippen LogP contribution in [0.5, 0.6) is 5.75 Å². The van der Waals surface area contributed by atoms with Crippen LogP contribution >= 0.6 is 0 Å². The van der Waals surface area contributed by atoms with E-state index in [0.717, 1.165) is 30.4 Å². The average Bonchev–Trinajstić information content (AvgIpc) is 2.77. The molecule has 2 heterocycles. The summed E-state index contributed by atoms with van der Waals surface area (Å²) in [6.07, 6.45) is 1.37. The second kappa shape index (κ2) is 9.24. The van der Waals surface area contributed by atoms with Crippen LogP contribution in [0.2, 0.25) is 0 Å². The van der Waals surface area contributed by atoms with E-state index < -0.39 is 12.2 Å². The van der Waals surface area contributed by atoms with E-state index in [9.17, 15) is 9.90 Å². The molecular formula is C24H27N3O3. The van der Waals surface area contributed by atoms with E-state index in [4.69, 9.17) is 4.74 Å². The summed E-state index contributed by atoms with van der Waals surface area (Å²) in [5.74, 6) is 0.314. The number of carbonyl (C=O) groups is 1. The molecule has 0 unspecified atom stereocenters. The lowest BCUT2D eigenvalue weighted by Gasteiger charge is -2.30. The van der Waals surface area contributed by atoms with Crippen molar-refractivity contribution >= 4 is 16.8 Å². The van der Waals surface area contributed by atoms with Crippen LogP contribution in [-0.4, -0.2) is 52.7 Å². The lowest BCUT2D eigenvalue weighted by Crippen LogP contribution is -2.44. The molecule has 0 fully saturated rings. The summed E-state index contributed by atoms with van der Waals surface area (Å²) in [7, 11) is 0. The highest BCUT2D eigenvalue weighted by Gasteiger charge is 2.20. The van der Waals surface area contributed by atoms with Crippen molar-refractivity contribution in [3.63, 3.8) is 0 Å². The van der Waals surface area contributed by atoms with Crippen LogP contribution in [0.4, 0.5) is 0 Å². The Labute approximate surface area is 176 Å². The molecule has 3 aromatic rings. The van der Waals surface area contributed by atoms with E-state index >= 15 is 0 Å². The Morgan fingerprint density at radius 3 is 2.83 bits per heavy atom. The van der Waals surface area contributed by atoms with Crippen molar-refractivity contribution in [3.8, 4) is 5.75 Å². The van der Waals surface area contributed by atoms with E-state index in [1.54, 1.807) is 13.1 Å². The van der Waals surface area contributed by atoms with Gasteiger partial charge in [0.1, 0.15) is 11.3 Å². The maximum absolute atomic E-state index is 12.5. The summed E-state index contributed by atoms with van der Waals surface area (Å²) >= 11 is 0. The van der Waals surface area contributed by atoms with Gasteiger partial charge in [0.25, 0.3) is 5.91 Å². The topological polar surface area (TPSA) is 74.7 Å². The summed E-state index contributed by atoms with van der Waals surface area (Å²) in [6.45, 7) is 4.16. The Hall–Kier alpha value is -2.96. The Bertz CT molecular complexity index is 1020. The van der Waals surface area contributed by atoms with Crippen molar-refractivity contribution < 1.29 is 14.6 Å². The first-order valence-corrected chi connectivity index (χ1v) is 10.4. The molecule has 1 aliphatic rings. The fraction of sp³-hybridized carbons (Fsp3) is 0.333. The molecule has 1 amide bonds. The molecule has 156 valence electrons. The van der Waals surface area contributed by atoms with Crippen molar-refractivity contribution in [3.05, 3.63) is 71.9 Å². The van der Waals surface area contributed by atoms with Gasteiger partial charge in [0.15, 0.2) is 6.10 Å². The van der Waals surface area contributed by atoms with Crippen molar-refractivity contribution in [1.82, 2.24) is 15.2 Å². The van der Waals surface area contributed by atoms with Crippen LogP contribution < -0.4 is 10.1 Å². The number of nitrogens with one attached hydrogen (secondary N) is 1. The number of para-hydroxylation sites is 1. The molecule has 0 radical (unpaired) electrons. The van der Waals surface area contributed by atoms with E-state index in [1.165, 1.54) is 11.1 Å². The highest BCUT2D eigenvalue weighted by atomic mass is 16.5. The number of hydrogen-bond acceptors (Lipinski definition) is 5. The second-order valence-corrected chi connectivity index (χ2v) is 7.74. The predicted octanol–water partition coefficient (Wildman–Crippen LogP) is 2.54. The van der Waals surface area contributed by atoms with Crippen LogP contribution in [0, 0.1) is 0 Å². The van der Waals surface area contributed by atoms with E-state index in [2.05, 4.69) is 33.4 Å². The van der Waals surface area contributed by atoms with Crippen molar-refractivity contribution in [2.75, 3.05) is 19.6 Å². The maximum Gasteiger partial charge on any atom is 0.260 e. The first-order chi connectivity index (χ1) is 14.6. The number of carbonyl (C=O) groups excluding carboxylic acids is 1. The van der Waals surface area contributed by atoms with Crippen LogP contribution in [0.3, 0.4) is 0 Å². The van der Waals surface area contributed by atoms with Gasteiger partial charge in [-0.3, -0.25) is 14.7 Å². The minimum Gasteiger partial charge on any atom is -0.479 e. The number of nitrogens with zero attached hydrogens (tertiary/aromatic N) is 2. The SMILES string of the molecule is C[C@@H](Oc1cccc2cccnc12)C(=O)NC[C@@H](O)CN1CCc2ccccc2C1. The third-order valence-electron chi connectivity index (χ3n) is 5.46. The number of aromatic nitrogens is 1. The molecule has 0 spiro atoms. The van der Waals surface area contributed by atoms with E-state index in [0.29, 0.717) is 12.3 Å². The number of aliphatic hydroxyl groups is 1. The highest BCUT2D eigenvalue weighted by Crippen LogP contribution is 2.24. The van der Waals surface area contributed by atoms with Crippen molar-refractivity contribution in [2.45, 2.75) is 32.1 Å². The summed E-state index contributed by atoms with van der Waals surface area (Å²) in [5, 5.41) is 14.2. The van der Waals surface area contributed by atoms with Gasteiger partial charge >= 0.3 is 0 Å². The van der Waals surface area contributed by atoms with E-state index in [1.807, 2.05) is 36.4 Å². The monoisotopic (exact) mass is 405 g/mol. The molecule has 0 saturated carbocycles. The van der Waals surface area contributed by atoms with Gasteiger partial charge in [0, 0.05) is 37.8 Å². The van der Waals surface area contributed by atoms with Crippen LogP contribution in [0.15, 0.2) is 60.8 Å². The standard InChI is InChI=1S/C24H27N3O3/c1-17(30-22-10-4-8-19-9-5-12-25-23(19)22)24(29)26-14-21(28)16-27-13-11-18-6-2-3-7-20(18)15-27/h2-10,12,17,21,28H,11,13-16H2,1H3,(H,26,29)/t17-,21-/m1/s1. The smallest absolute Gasteiger partial charge is 0.260 e. The summed E-state index contributed by atoms with van der Waals surface area (Å²) in [5.41, 5.74) is 3.42. The second-order valence-electron chi connectivity index (χ2n) is 7.74. The van der Waals surface area contributed by atoms with Gasteiger partial charge in [0.05, 0.1) is 6.10 Å². The number of amides is 1. The Morgan fingerprint density at radius 2 is 1.97 bits per heavy atom. The molecule has 0 aliphatic carbocycles. The Balaban J connectivity index is 1.27. The predicted molar refractivity (Wildman–Crippen MR) is 116 cm³/mol. The Kier molecular flexibility index (Phi) is 6.26. The fourth-order valence-electron chi connectivity index (χ4n) is 3.85. The number of ether oxygens (including phenoxy) is 1. The molecule has 0 bridgehead atoms. The van der Waals surface area contributed by atoms with Gasteiger partial charge in [-0.25, -0.2) is 0 Å². The molecule has 4 rings (SSSR count). The molecule has 2 N–H and O–H groups in total. The zero-order chi connectivity index (χ0) is 20.9. The zero-order valence-electron chi connectivity index (χ0n) is 17.1. The molecule has 6 heteroatoms. The zero-order valence-corrected chi connectivity index (χ0v) is 17.1. The molecule has 6 nitrogen and oxygen atoms in total. The van der Waals surface area contributed by atoms with Gasteiger partial charge in [0.2, 0.25) is 0 Å². The normalized spacial score (nSPS) is 15.9. The number of β-amino-alcohol motifs (C(OH)–C–C–N with tert-alkyl or cyclic N) is 1. The number of benzene rings is 2. The molecule has 1 aliphatic heterocycles. The van der Waals surface area contributed by atoms with Crippen molar-refractivity contribution in [2.24, 2.45) is 0 Å². The molecule has 30 heavy (non-hydrogen) atoms. The molecule has 2 atom stereocenters. The Morgan fingerprint density at radius 1 is 1.17 bits per heavy atom. The summed E-state index contributed by atoms with van der Waals surface area (Å²) in [6, 6.07) is 17.9. The maximum atomic E-state index is 12.5. The molecule has 1 aromatic heterocycles. The lowest BCUT2D eigenvalue weighted by atomic mass is 10.00. The minimum absolute atomic E-state index is 0.193. The van der Waals surface area contributed by atoms with Gasteiger partial charge in [-0.15, -0.1) is 0 Å². The fourth-order valence-corrected chi connectivity index (χ4v) is 3.85. The third-order valence-corrected chi connectivity index (χ3v) is 5.46. The van der Waals surface area contributed by atoms with Crippen LogP contribution in [-0.2, 0) is 17.8 Å². The largest absolute Gasteiger partial charge is 0.479 e. The number of aliphatic hydroxyl groups excluding tert-OH is 1. The first kappa shape index (κ1) is 20.3. The quantitative estimate of drug-likeness (QED) is 0.632. The number of rotatable bonds is 7. The van der Waals surface area contributed by atoms with Crippen LogP contribution in [0.1, 0.15) is 18.1 Å². The van der Waals surface area contributed by atoms with Crippen molar-refractivity contribution in [1.29, 1.82) is 0 Å². The number of pyridine rings is 1. The van der Waals surface area contributed by atoms with E-state index in [-0.39, 0.29) is 12.5 Å². The van der Waals surface area contributed by atoms with Crippen LogP contribution in [0.25, 0.3) is 10.9 Å². The average molecular weight is 405 g/mol. The third kappa shape index (κ3) is 4.78. The lowest BCUT2D eigenvalue weighted by molar-refractivity contribution is -0.127. The summed E-state index contributed by atoms with van der Waals surface area (Å²) in [4.78, 5) is 19.0. The summed E-state index contributed by atoms with van der Waals surface area (Å²) < 4.78 is 5.84. The van der Waals surface area contributed by atoms with Gasteiger partial charge in [-0.05, 0) is 36.6 Å². The molecule has 2 aromatic carbocycles. The highest BCUT2D eigenvalue weighted by molar-refractivity contribution is 5.85. The number of hydrogen-bond donors (Lipinski definition) is 2. The van der Waals surface area contributed by atoms with Gasteiger partial charge in [-0.1, -0.05) is 42.5 Å². The molecule has 0 saturated heterocycles. The number of fused-ring (bicyclic) bond motifs is 2.